The number of hydrogen-bond acceptors (Lipinski definition) is 3. The van der Waals surface area contributed by atoms with Crippen molar-refractivity contribution in [3.8, 4) is 0 Å². The van der Waals surface area contributed by atoms with E-state index in [4.69, 9.17) is 4.74 Å². The van der Waals surface area contributed by atoms with E-state index in [0.29, 0.717) is 18.8 Å². The van der Waals surface area contributed by atoms with Crippen LogP contribution >= 0.6 is 0 Å². The SMILES string of the molecule is C=CCN1C(=O)c2n[nH]c(COC)c2C1c1ccccc1. The molecule has 0 spiro atoms. The predicted molar refractivity (Wildman–Crippen MR) is 78.8 cm³/mol. The van der Waals surface area contributed by atoms with Gasteiger partial charge in [-0.15, -0.1) is 6.58 Å². The highest BCUT2D eigenvalue weighted by Crippen LogP contribution is 2.39. The van der Waals surface area contributed by atoms with E-state index in [0.717, 1.165) is 16.8 Å². The number of methoxy groups -OCH3 is 1. The van der Waals surface area contributed by atoms with Crippen LogP contribution in [0.15, 0.2) is 43.0 Å². The summed E-state index contributed by atoms with van der Waals surface area (Å²) in [4.78, 5) is 14.3. The molecular formula is C16H17N3O2. The van der Waals surface area contributed by atoms with E-state index in [2.05, 4.69) is 16.8 Å². The zero-order valence-electron chi connectivity index (χ0n) is 11.9. The number of nitrogens with one attached hydrogen (secondary N) is 1. The minimum absolute atomic E-state index is 0.0719. The van der Waals surface area contributed by atoms with Crippen molar-refractivity contribution in [3.05, 3.63) is 65.5 Å². The minimum Gasteiger partial charge on any atom is -0.378 e. The van der Waals surface area contributed by atoms with Gasteiger partial charge in [0.25, 0.3) is 5.91 Å². The first-order valence-corrected chi connectivity index (χ1v) is 6.80. The van der Waals surface area contributed by atoms with E-state index in [-0.39, 0.29) is 11.9 Å². The first kappa shape index (κ1) is 13.6. The molecule has 0 aliphatic carbocycles. The Balaban J connectivity index is 2.12. The van der Waals surface area contributed by atoms with Gasteiger partial charge < -0.3 is 9.64 Å². The largest absolute Gasteiger partial charge is 0.378 e. The van der Waals surface area contributed by atoms with Crippen molar-refractivity contribution in [1.82, 2.24) is 15.1 Å². The molecule has 0 radical (unpaired) electrons. The number of fused-ring (bicyclic) bond motifs is 1. The van der Waals surface area contributed by atoms with Crippen LogP contribution in [0, 0.1) is 0 Å². The summed E-state index contributed by atoms with van der Waals surface area (Å²) in [6, 6.07) is 9.81. The molecule has 0 bridgehead atoms. The number of rotatable bonds is 5. The summed E-state index contributed by atoms with van der Waals surface area (Å²) in [7, 11) is 1.63. The second-order valence-electron chi connectivity index (χ2n) is 4.96. The van der Waals surface area contributed by atoms with E-state index >= 15 is 0 Å². The summed E-state index contributed by atoms with van der Waals surface area (Å²) < 4.78 is 5.20. The fourth-order valence-corrected chi connectivity index (χ4v) is 2.82. The molecule has 1 aliphatic rings. The molecule has 1 amide bonds. The third kappa shape index (κ3) is 2.15. The molecule has 21 heavy (non-hydrogen) atoms. The second-order valence-corrected chi connectivity index (χ2v) is 4.96. The number of H-pyrrole nitrogens is 1. The summed E-state index contributed by atoms with van der Waals surface area (Å²) in [5, 5.41) is 7.10. The molecule has 3 rings (SSSR count). The molecule has 2 aromatic rings. The number of carbonyl (C=O) groups excluding carboxylic acids is 1. The number of amides is 1. The van der Waals surface area contributed by atoms with E-state index in [1.54, 1.807) is 18.1 Å². The number of nitrogens with zero attached hydrogens (tertiary/aromatic N) is 2. The van der Waals surface area contributed by atoms with Gasteiger partial charge in [-0.25, -0.2) is 0 Å². The quantitative estimate of drug-likeness (QED) is 0.856. The molecule has 5 nitrogen and oxygen atoms in total. The Morgan fingerprint density at radius 2 is 2.19 bits per heavy atom. The van der Waals surface area contributed by atoms with Crippen molar-refractivity contribution < 1.29 is 9.53 Å². The van der Waals surface area contributed by atoms with Gasteiger partial charge in [0.1, 0.15) is 0 Å². The number of ether oxygens (including phenoxy) is 1. The number of benzene rings is 1. The molecular weight excluding hydrogens is 266 g/mol. The Labute approximate surface area is 123 Å². The zero-order valence-corrected chi connectivity index (χ0v) is 11.9. The fourth-order valence-electron chi connectivity index (χ4n) is 2.82. The minimum atomic E-state index is -0.143. The molecule has 0 saturated heterocycles. The molecule has 1 aromatic heterocycles. The zero-order chi connectivity index (χ0) is 14.8. The van der Waals surface area contributed by atoms with Gasteiger partial charge in [0.2, 0.25) is 0 Å². The summed E-state index contributed by atoms with van der Waals surface area (Å²) in [6.45, 7) is 4.64. The third-order valence-electron chi connectivity index (χ3n) is 3.66. The fraction of sp³-hybridized carbons (Fsp3) is 0.250. The van der Waals surface area contributed by atoms with Gasteiger partial charge in [0, 0.05) is 19.2 Å². The van der Waals surface area contributed by atoms with Crippen LogP contribution in [-0.4, -0.2) is 34.7 Å². The number of hydrogen-bond donors (Lipinski definition) is 1. The average molecular weight is 283 g/mol. The summed E-state index contributed by atoms with van der Waals surface area (Å²) >= 11 is 0. The molecule has 1 unspecified atom stereocenters. The van der Waals surface area contributed by atoms with Crippen LogP contribution < -0.4 is 0 Å². The lowest BCUT2D eigenvalue weighted by molar-refractivity contribution is 0.0763. The molecule has 0 fully saturated rings. The highest BCUT2D eigenvalue weighted by atomic mass is 16.5. The van der Waals surface area contributed by atoms with Crippen molar-refractivity contribution in [1.29, 1.82) is 0 Å². The van der Waals surface area contributed by atoms with Crippen LogP contribution in [0.4, 0.5) is 0 Å². The lowest BCUT2D eigenvalue weighted by Gasteiger charge is -2.25. The normalized spacial score (nSPS) is 17.1. The van der Waals surface area contributed by atoms with Gasteiger partial charge in [-0.1, -0.05) is 36.4 Å². The van der Waals surface area contributed by atoms with Crippen molar-refractivity contribution in [2.75, 3.05) is 13.7 Å². The van der Waals surface area contributed by atoms with Crippen LogP contribution in [0.25, 0.3) is 0 Å². The predicted octanol–water partition coefficient (Wildman–Crippen LogP) is 2.29. The van der Waals surface area contributed by atoms with E-state index in [9.17, 15) is 4.79 Å². The second kappa shape index (κ2) is 5.54. The average Bonchev–Trinajstić information content (AvgIpc) is 3.02. The molecule has 108 valence electrons. The highest BCUT2D eigenvalue weighted by molar-refractivity contribution is 5.98. The maximum absolute atomic E-state index is 12.5. The molecule has 1 atom stereocenters. The van der Waals surface area contributed by atoms with E-state index < -0.39 is 0 Å². The highest BCUT2D eigenvalue weighted by Gasteiger charge is 2.41. The molecule has 1 aromatic carbocycles. The van der Waals surface area contributed by atoms with Gasteiger partial charge in [0.15, 0.2) is 5.69 Å². The van der Waals surface area contributed by atoms with Gasteiger partial charge in [-0.2, -0.15) is 5.10 Å². The van der Waals surface area contributed by atoms with Gasteiger partial charge >= 0.3 is 0 Å². The molecule has 1 N–H and O–H groups in total. The summed E-state index contributed by atoms with van der Waals surface area (Å²) in [5.74, 6) is -0.0719. The standard InChI is InChI=1S/C16H17N3O2/c1-3-9-19-15(11-7-5-4-6-8-11)13-12(10-21-2)17-18-14(13)16(19)20/h3-8,15H,1,9-10H2,2H3,(H,17,18). The molecule has 0 saturated carbocycles. The lowest BCUT2D eigenvalue weighted by atomic mass is 9.99. The Hall–Kier alpha value is -2.40. The van der Waals surface area contributed by atoms with E-state index in [1.807, 2.05) is 30.3 Å². The van der Waals surface area contributed by atoms with Gasteiger partial charge in [-0.05, 0) is 5.56 Å². The first-order valence-electron chi connectivity index (χ1n) is 6.80. The summed E-state index contributed by atoms with van der Waals surface area (Å²) in [6.07, 6.45) is 1.74. The Morgan fingerprint density at radius 1 is 1.43 bits per heavy atom. The van der Waals surface area contributed by atoms with Crippen LogP contribution in [0.5, 0.6) is 0 Å². The third-order valence-corrected chi connectivity index (χ3v) is 3.66. The topological polar surface area (TPSA) is 58.2 Å². The number of carbonyl (C=O) groups is 1. The lowest BCUT2D eigenvalue weighted by Crippen LogP contribution is -2.29. The maximum Gasteiger partial charge on any atom is 0.275 e. The van der Waals surface area contributed by atoms with E-state index in [1.165, 1.54) is 0 Å². The van der Waals surface area contributed by atoms with Gasteiger partial charge in [0.05, 0.1) is 18.3 Å². The Kier molecular flexibility index (Phi) is 3.58. The molecule has 2 heterocycles. The molecule has 5 heteroatoms. The van der Waals surface area contributed by atoms with Gasteiger partial charge in [-0.3, -0.25) is 9.89 Å². The van der Waals surface area contributed by atoms with Crippen molar-refractivity contribution >= 4 is 5.91 Å². The van der Waals surface area contributed by atoms with Crippen LogP contribution in [0.2, 0.25) is 0 Å². The van der Waals surface area contributed by atoms with Crippen molar-refractivity contribution in [2.24, 2.45) is 0 Å². The smallest absolute Gasteiger partial charge is 0.275 e. The summed E-state index contributed by atoms with van der Waals surface area (Å²) in [5.41, 5.74) is 3.30. The maximum atomic E-state index is 12.5. The number of aromatic nitrogens is 2. The van der Waals surface area contributed by atoms with Crippen LogP contribution in [-0.2, 0) is 11.3 Å². The molecule has 1 aliphatic heterocycles. The Morgan fingerprint density at radius 3 is 2.86 bits per heavy atom. The van der Waals surface area contributed by atoms with Crippen LogP contribution in [0.1, 0.15) is 33.4 Å². The Bertz CT molecular complexity index is 663. The monoisotopic (exact) mass is 283 g/mol. The van der Waals surface area contributed by atoms with Crippen molar-refractivity contribution in [2.45, 2.75) is 12.6 Å². The van der Waals surface area contributed by atoms with Crippen molar-refractivity contribution in [3.63, 3.8) is 0 Å². The number of aromatic amines is 1. The van der Waals surface area contributed by atoms with Crippen LogP contribution in [0.3, 0.4) is 0 Å². The first-order chi connectivity index (χ1) is 10.3.